The Labute approximate surface area is 195 Å². The normalized spacial score (nSPS) is 54.1. The van der Waals surface area contributed by atoms with Crippen molar-refractivity contribution in [2.75, 3.05) is 0 Å². The van der Waals surface area contributed by atoms with Crippen LogP contribution in [0, 0.1) is 56.2 Å². The third-order valence-corrected chi connectivity index (χ3v) is 13.0. The monoisotopic (exact) mass is 439 g/mol. The minimum atomic E-state index is -0.350. The van der Waals surface area contributed by atoms with E-state index >= 15 is 0 Å². The fourth-order valence-corrected chi connectivity index (χ4v) is 11.1. The molecule has 178 valence electrons. The number of ketones is 1. The Hall–Kier alpha value is -0.990. The zero-order valence-electron chi connectivity index (χ0n) is 21.4. The summed E-state index contributed by atoms with van der Waals surface area (Å²) in [7, 11) is 0. The maximum absolute atomic E-state index is 12.9. The number of carbonyl (C=O) groups excluding carboxylic acids is 1. The van der Waals surface area contributed by atoms with E-state index < -0.39 is 0 Å². The first-order chi connectivity index (χ1) is 14.9. The highest BCUT2D eigenvalue weighted by Crippen LogP contribution is 2.76. The standard InChI is InChI=1S/C29H45NO2/c1-18(2)19-10-15-29(30-32)17-16-27(6)20(24(19)29)8-9-22-26(5)13-12-23(31)25(3,4)21(26)11-14-28(22,27)7/h19-22,24H,1,8-17H2,2-7H3/t19-,20?,21-,22+,24?,26?,27+,28?,29?/m0/s1. The van der Waals surface area contributed by atoms with Gasteiger partial charge in [-0.25, -0.2) is 0 Å². The van der Waals surface area contributed by atoms with E-state index in [1.807, 2.05) is 0 Å². The van der Waals surface area contributed by atoms with Crippen molar-refractivity contribution in [1.82, 2.24) is 0 Å². The third-order valence-electron chi connectivity index (χ3n) is 13.0. The minimum Gasteiger partial charge on any atom is -0.299 e. The van der Waals surface area contributed by atoms with E-state index in [0.717, 1.165) is 38.5 Å². The largest absolute Gasteiger partial charge is 0.299 e. The molecule has 5 unspecified atom stereocenters. The number of nitrogens with zero attached hydrogens (tertiary/aromatic N) is 1. The second-order valence-corrected chi connectivity index (χ2v) is 14.0. The van der Waals surface area contributed by atoms with Crippen LogP contribution >= 0.6 is 0 Å². The lowest BCUT2D eigenvalue weighted by atomic mass is 9.33. The van der Waals surface area contributed by atoms with Gasteiger partial charge in [0.05, 0.1) is 0 Å². The van der Waals surface area contributed by atoms with Crippen molar-refractivity contribution < 1.29 is 4.79 Å². The highest BCUT2D eigenvalue weighted by Gasteiger charge is 2.71. The Morgan fingerprint density at radius 3 is 2.25 bits per heavy atom. The Kier molecular flexibility index (Phi) is 4.83. The van der Waals surface area contributed by atoms with Gasteiger partial charge in [0.2, 0.25) is 0 Å². The molecule has 5 aliphatic rings. The van der Waals surface area contributed by atoms with Crippen molar-refractivity contribution in [2.24, 2.45) is 56.4 Å². The highest BCUT2D eigenvalue weighted by molar-refractivity contribution is 5.85. The van der Waals surface area contributed by atoms with Crippen LogP contribution in [-0.4, -0.2) is 11.3 Å². The summed E-state index contributed by atoms with van der Waals surface area (Å²) in [5, 5.41) is 3.90. The molecule has 3 heteroatoms. The molecule has 5 fully saturated rings. The molecule has 0 aromatic rings. The number of allylic oxidation sites excluding steroid dienone is 1. The summed E-state index contributed by atoms with van der Waals surface area (Å²) in [5.41, 5.74) is 1.49. The van der Waals surface area contributed by atoms with Crippen LogP contribution in [0.2, 0.25) is 0 Å². The smallest absolute Gasteiger partial charge is 0.138 e. The number of Topliss-reactive ketones (excluding diaryl/α,β-unsaturated/α-hetero) is 1. The number of hydrogen-bond donors (Lipinski definition) is 0. The van der Waals surface area contributed by atoms with Crippen LogP contribution in [-0.2, 0) is 4.79 Å². The van der Waals surface area contributed by atoms with Gasteiger partial charge in [0.25, 0.3) is 0 Å². The van der Waals surface area contributed by atoms with Crippen LogP contribution < -0.4 is 0 Å². The lowest BCUT2D eigenvalue weighted by molar-refractivity contribution is -0.227. The van der Waals surface area contributed by atoms with Gasteiger partial charge in [0, 0.05) is 11.8 Å². The topological polar surface area (TPSA) is 46.5 Å². The summed E-state index contributed by atoms with van der Waals surface area (Å²) in [6.07, 6.45) is 10.9. The molecular formula is C29H45NO2. The fraction of sp³-hybridized carbons (Fsp3) is 0.897. The molecule has 0 amide bonds. The van der Waals surface area contributed by atoms with Crippen LogP contribution in [0.4, 0.5) is 0 Å². The van der Waals surface area contributed by atoms with E-state index in [1.165, 1.54) is 31.3 Å². The predicted octanol–water partition coefficient (Wildman–Crippen LogP) is 7.73. The molecular weight excluding hydrogens is 394 g/mol. The van der Waals surface area contributed by atoms with E-state index in [0.29, 0.717) is 35.4 Å². The van der Waals surface area contributed by atoms with Crippen molar-refractivity contribution in [2.45, 2.75) is 111 Å². The number of fused-ring (bicyclic) bond motifs is 7. The summed E-state index contributed by atoms with van der Waals surface area (Å²) in [4.78, 5) is 25.2. The maximum atomic E-state index is 12.9. The van der Waals surface area contributed by atoms with Crippen LogP contribution in [0.15, 0.2) is 17.3 Å². The van der Waals surface area contributed by atoms with Gasteiger partial charge in [-0.3, -0.25) is 4.79 Å². The summed E-state index contributed by atoms with van der Waals surface area (Å²) >= 11 is 0. The average molecular weight is 440 g/mol. The fourth-order valence-electron chi connectivity index (χ4n) is 11.1. The van der Waals surface area contributed by atoms with Gasteiger partial charge >= 0.3 is 0 Å². The molecule has 5 saturated carbocycles. The Morgan fingerprint density at radius 2 is 1.59 bits per heavy atom. The zero-order valence-corrected chi connectivity index (χ0v) is 21.4. The molecule has 32 heavy (non-hydrogen) atoms. The second-order valence-electron chi connectivity index (χ2n) is 14.0. The molecule has 0 aromatic carbocycles. The van der Waals surface area contributed by atoms with E-state index in [2.05, 4.69) is 53.3 Å². The summed E-state index contributed by atoms with van der Waals surface area (Å²) in [6.45, 7) is 18.8. The molecule has 0 spiro atoms. The van der Waals surface area contributed by atoms with Crippen molar-refractivity contribution in [1.29, 1.82) is 0 Å². The van der Waals surface area contributed by atoms with E-state index in [-0.39, 0.29) is 27.2 Å². The second kappa shape index (κ2) is 6.79. The molecule has 0 saturated heterocycles. The van der Waals surface area contributed by atoms with Crippen LogP contribution in [0.5, 0.6) is 0 Å². The Bertz CT molecular complexity index is 861. The van der Waals surface area contributed by atoms with Crippen molar-refractivity contribution in [3.63, 3.8) is 0 Å². The third kappa shape index (κ3) is 2.52. The van der Waals surface area contributed by atoms with Crippen LogP contribution in [0.3, 0.4) is 0 Å². The van der Waals surface area contributed by atoms with E-state index in [4.69, 9.17) is 0 Å². The van der Waals surface area contributed by atoms with Gasteiger partial charge in [-0.1, -0.05) is 51.9 Å². The first kappa shape index (κ1) is 22.8. The Balaban J connectivity index is 1.56. The Morgan fingerprint density at radius 1 is 0.875 bits per heavy atom. The quantitative estimate of drug-likeness (QED) is 0.326. The molecule has 9 atom stereocenters. The van der Waals surface area contributed by atoms with Gasteiger partial charge < -0.3 is 0 Å². The van der Waals surface area contributed by atoms with Gasteiger partial charge in [0.1, 0.15) is 11.3 Å². The van der Waals surface area contributed by atoms with Crippen molar-refractivity contribution >= 4 is 5.78 Å². The molecule has 0 aliphatic heterocycles. The zero-order chi connectivity index (χ0) is 23.3. The summed E-state index contributed by atoms with van der Waals surface area (Å²) < 4.78 is 0. The first-order valence-corrected chi connectivity index (χ1v) is 13.4. The molecule has 5 aliphatic carbocycles. The molecule has 3 nitrogen and oxygen atoms in total. The molecule has 0 aromatic heterocycles. The first-order valence-electron chi connectivity index (χ1n) is 13.4. The van der Waals surface area contributed by atoms with Crippen LogP contribution in [0.1, 0.15) is 106 Å². The average Bonchev–Trinajstić information content (AvgIpc) is 3.12. The van der Waals surface area contributed by atoms with Crippen molar-refractivity contribution in [3.05, 3.63) is 17.1 Å². The predicted molar refractivity (Wildman–Crippen MR) is 130 cm³/mol. The summed E-state index contributed by atoms with van der Waals surface area (Å²) in [6, 6.07) is 0. The number of carbonyl (C=O) groups is 1. The molecule has 0 heterocycles. The van der Waals surface area contributed by atoms with Crippen molar-refractivity contribution in [3.8, 4) is 0 Å². The lowest BCUT2D eigenvalue weighted by Gasteiger charge is -2.72. The van der Waals surface area contributed by atoms with Gasteiger partial charge in [-0.05, 0) is 111 Å². The van der Waals surface area contributed by atoms with E-state index in [9.17, 15) is 9.70 Å². The number of nitroso groups, excluding NO2 is 1. The minimum absolute atomic E-state index is 0.189. The molecule has 0 bridgehead atoms. The van der Waals surface area contributed by atoms with Crippen LogP contribution in [0.25, 0.3) is 0 Å². The van der Waals surface area contributed by atoms with Gasteiger partial charge in [0.15, 0.2) is 0 Å². The maximum Gasteiger partial charge on any atom is 0.138 e. The molecule has 0 N–H and O–H groups in total. The molecule has 0 radical (unpaired) electrons. The van der Waals surface area contributed by atoms with Gasteiger partial charge in [-0.15, -0.1) is 0 Å². The lowest BCUT2D eigenvalue weighted by Crippen LogP contribution is -2.66. The highest BCUT2D eigenvalue weighted by atomic mass is 16.3. The van der Waals surface area contributed by atoms with E-state index in [1.54, 1.807) is 0 Å². The molecule has 5 rings (SSSR count). The number of hydrogen-bond acceptors (Lipinski definition) is 3. The SMILES string of the molecule is C=C(C)[C@@H]1CCC2(N=O)CC[C@]3(C)C(CC[C@@H]4C5(C)CCC(=O)C(C)(C)[C@@H]5CCC43C)C12. The number of rotatable bonds is 2. The van der Waals surface area contributed by atoms with Gasteiger partial charge in [-0.2, -0.15) is 4.91 Å². The summed E-state index contributed by atoms with van der Waals surface area (Å²) in [5.74, 6) is 3.06.